The minimum Gasteiger partial charge on any atom is -0.464 e. The molecule has 4 aromatic rings. The first-order chi connectivity index (χ1) is 13.1. The molecule has 5 heteroatoms. The number of carbonyl (C=O) groups is 2. The van der Waals surface area contributed by atoms with Crippen molar-refractivity contribution in [3.8, 4) is 11.1 Å². The number of rotatable bonds is 3. The molecule has 0 atom stereocenters. The fourth-order valence-corrected chi connectivity index (χ4v) is 2.98. The summed E-state index contributed by atoms with van der Waals surface area (Å²) in [6, 6.07) is 22.7. The second kappa shape index (κ2) is 6.80. The lowest BCUT2D eigenvalue weighted by atomic mass is 10.0. The molecular formula is C22H16N2O3. The van der Waals surface area contributed by atoms with E-state index in [2.05, 4.69) is 5.32 Å². The SMILES string of the molecule is O=C(Nc1ccc2cn(C(=O)O)cc2c1)c1ccc(-c2ccccc2)cc1. The molecule has 0 saturated heterocycles. The zero-order valence-corrected chi connectivity index (χ0v) is 14.3. The molecule has 0 saturated carbocycles. The monoisotopic (exact) mass is 356 g/mol. The van der Waals surface area contributed by atoms with E-state index in [0.29, 0.717) is 11.3 Å². The van der Waals surface area contributed by atoms with E-state index in [1.165, 1.54) is 12.4 Å². The predicted molar refractivity (Wildman–Crippen MR) is 105 cm³/mol. The lowest BCUT2D eigenvalue weighted by molar-refractivity contribution is 0.102. The highest BCUT2D eigenvalue weighted by molar-refractivity contribution is 6.05. The lowest BCUT2D eigenvalue weighted by Crippen LogP contribution is -2.11. The van der Waals surface area contributed by atoms with Gasteiger partial charge in [-0.05, 0) is 35.4 Å². The van der Waals surface area contributed by atoms with E-state index in [0.717, 1.165) is 26.5 Å². The molecule has 1 aromatic heterocycles. The quantitative estimate of drug-likeness (QED) is 0.537. The Labute approximate surface area is 155 Å². The van der Waals surface area contributed by atoms with Gasteiger partial charge in [-0.15, -0.1) is 0 Å². The Balaban J connectivity index is 1.53. The third kappa shape index (κ3) is 3.43. The second-order valence-electron chi connectivity index (χ2n) is 6.19. The summed E-state index contributed by atoms with van der Waals surface area (Å²) in [6.07, 6.45) is 2.00. The van der Waals surface area contributed by atoms with Crippen molar-refractivity contribution in [2.24, 2.45) is 0 Å². The number of nitrogens with one attached hydrogen (secondary N) is 1. The second-order valence-corrected chi connectivity index (χ2v) is 6.19. The Morgan fingerprint density at radius 1 is 0.778 bits per heavy atom. The van der Waals surface area contributed by atoms with Gasteiger partial charge in [0.05, 0.1) is 0 Å². The van der Waals surface area contributed by atoms with Crippen molar-refractivity contribution in [1.82, 2.24) is 4.57 Å². The molecule has 27 heavy (non-hydrogen) atoms. The van der Waals surface area contributed by atoms with Crippen molar-refractivity contribution < 1.29 is 14.7 Å². The van der Waals surface area contributed by atoms with Crippen LogP contribution in [0.25, 0.3) is 21.9 Å². The zero-order valence-electron chi connectivity index (χ0n) is 14.3. The topological polar surface area (TPSA) is 71.3 Å². The maximum absolute atomic E-state index is 12.5. The first-order valence-corrected chi connectivity index (χ1v) is 8.42. The van der Waals surface area contributed by atoms with Crippen molar-refractivity contribution in [2.75, 3.05) is 5.32 Å². The van der Waals surface area contributed by atoms with Crippen LogP contribution in [0.2, 0.25) is 0 Å². The third-order valence-corrected chi connectivity index (χ3v) is 4.38. The Morgan fingerprint density at radius 3 is 2.15 bits per heavy atom. The average molecular weight is 356 g/mol. The molecule has 2 N–H and O–H groups in total. The molecule has 0 spiro atoms. The van der Waals surface area contributed by atoms with Gasteiger partial charge < -0.3 is 10.4 Å². The summed E-state index contributed by atoms with van der Waals surface area (Å²) in [5, 5.41) is 13.4. The number of carboxylic acid groups (broad SMARTS) is 1. The number of hydrogen-bond donors (Lipinski definition) is 2. The van der Waals surface area contributed by atoms with E-state index in [-0.39, 0.29) is 5.91 Å². The summed E-state index contributed by atoms with van der Waals surface area (Å²) in [4.78, 5) is 23.5. The number of hydrogen-bond acceptors (Lipinski definition) is 2. The predicted octanol–water partition coefficient (Wildman–Crippen LogP) is 5.09. The van der Waals surface area contributed by atoms with E-state index in [9.17, 15) is 9.59 Å². The van der Waals surface area contributed by atoms with Crippen LogP contribution in [0, 0.1) is 0 Å². The largest absolute Gasteiger partial charge is 0.464 e. The van der Waals surface area contributed by atoms with Gasteiger partial charge >= 0.3 is 6.09 Å². The highest BCUT2D eigenvalue weighted by Crippen LogP contribution is 2.22. The molecule has 1 heterocycles. The summed E-state index contributed by atoms with van der Waals surface area (Å²) in [5.74, 6) is -0.216. The molecule has 0 radical (unpaired) electrons. The maximum Gasteiger partial charge on any atom is 0.415 e. The van der Waals surface area contributed by atoms with Crippen LogP contribution in [0.3, 0.4) is 0 Å². The minimum atomic E-state index is -1.05. The van der Waals surface area contributed by atoms with Crippen molar-refractivity contribution in [1.29, 1.82) is 0 Å². The summed E-state index contributed by atoms with van der Waals surface area (Å²) in [6.45, 7) is 0. The number of carbonyl (C=O) groups excluding carboxylic acids is 1. The first-order valence-electron chi connectivity index (χ1n) is 8.42. The summed E-state index contributed by atoms with van der Waals surface area (Å²) in [7, 11) is 0. The Kier molecular flexibility index (Phi) is 4.18. The van der Waals surface area contributed by atoms with Crippen LogP contribution in [0.15, 0.2) is 85.2 Å². The lowest BCUT2D eigenvalue weighted by Gasteiger charge is -2.07. The van der Waals surface area contributed by atoms with Gasteiger partial charge in [0, 0.05) is 34.4 Å². The van der Waals surface area contributed by atoms with Gasteiger partial charge in [0.15, 0.2) is 0 Å². The molecular weight excluding hydrogens is 340 g/mol. The van der Waals surface area contributed by atoms with Crippen LogP contribution < -0.4 is 5.32 Å². The van der Waals surface area contributed by atoms with E-state index in [4.69, 9.17) is 5.11 Å². The zero-order chi connectivity index (χ0) is 18.8. The Bertz CT molecular complexity index is 1130. The molecule has 5 nitrogen and oxygen atoms in total. The van der Waals surface area contributed by atoms with E-state index in [1.54, 1.807) is 30.3 Å². The molecule has 0 aliphatic heterocycles. The third-order valence-electron chi connectivity index (χ3n) is 4.38. The summed E-state index contributed by atoms with van der Waals surface area (Å²) in [5.41, 5.74) is 3.31. The number of aromatic nitrogens is 1. The molecule has 0 bridgehead atoms. The molecule has 1 amide bonds. The van der Waals surface area contributed by atoms with Crippen LogP contribution in [-0.2, 0) is 0 Å². The average Bonchev–Trinajstić information content (AvgIpc) is 3.12. The highest BCUT2D eigenvalue weighted by Gasteiger charge is 2.09. The normalized spacial score (nSPS) is 10.7. The number of anilines is 1. The van der Waals surface area contributed by atoms with Gasteiger partial charge in [0.25, 0.3) is 5.91 Å². The molecule has 0 fully saturated rings. The number of fused-ring (bicyclic) bond motifs is 1. The Hall–Kier alpha value is -3.86. The fraction of sp³-hybridized carbons (Fsp3) is 0. The number of amides is 1. The minimum absolute atomic E-state index is 0.216. The van der Waals surface area contributed by atoms with Crippen LogP contribution in [-0.4, -0.2) is 21.7 Å². The highest BCUT2D eigenvalue weighted by atomic mass is 16.4. The molecule has 0 unspecified atom stereocenters. The van der Waals surface area contributed by atoms with Crippen molar-refractivity contribution >= 4 is 28.5 Å². The van der Waals surface area contributed by atoms with Crippen LogP contribution in [0.1, 0.15) is 10.4 Å². The number of benzene rings is 3. The molecule has 132 valence electrons. The van der Waals surface area contributed by atoms with Crippen LogP contribution >= 0.6 is 0 Å². The summed E-state index contributed by atoms with van der Waals surface area (Å²) >= 11 is 0. The van der Waals surface area contributed by atoms with E-state index >= 15 is 0 Å². The molecule has 0 aliphatic rings. The van der Waals surface area contributed by atoms with E-state index in [1.807, 2.05) is 42.5 Å². The van der Waals surface area contributed by atoms with Gasteiger partial charge in [-0.2, -0.15) is 0 Å². The van der Waals surface area contributed by atoms with Crippen LogP contribution in [0.5, 0.6) is 0 Å². The van der Waals surface area contributed by atoms with Crippen molar-refractivity contribution in [2.45, 2.75) is 0 Å². The first kappa shape index (κ1) is 16.6. The summed E-state index contributed by atoms with van der Waals surface area (Å²) < 4.78 is 1.10. The molecule has 4 rings (SSSR count). The Morgan fingerprint density at radius 2 is 1.44 bits per heavy atom. The van der Waals surface area contributed by atoms with Gasteiger partial charge in [-0.3, -0.25) is 9.36 Å². The van der Waals surface area contributed by atoms with Crippen molar-refractivity contribution in [3.63, 3.8) is 0 Å². The van der Waals surface area contributed by atoms with Crippen molar-refractivity contribution in [3.05, 3.63) is 90.8 Å². The van der Waals surface area contributed by atoms with E-state index < -0.39 is 6.09 Å². The smallest absolute Gasteiger partial charge is 0.415 e. The maximum atomic E-state index is 12.5. The standard InChI is InChI=1S/C22H16N2O3/c25-21(17-8-6-16(7-9-17)15-4-2-1-3-5-15)23-20-11-10-18-13-24(22(26)27)14-19(18)12-20/h1-14H,(H,23,25)(H,26,27). The van der Waals surface area contributed by atoms with Gasteiger partial charge in [-0.25, -0.2) is 4.79 Å². The number of nitrogens with zero attached hydrogens (tertiary/aromatic N) is 1. The fourth-order valence-electron chi connectivity index (χ4n) is 2.98. The molecule has 3 aromatic carbocycles. The van der Waals surface area contributed by atoms with Gasteiger partial charge in [0.2, 0.25) is 0 Å². The van der Waals surface area contributed by atoms with Gasteiger partial charge in [-0.1, -0.05) is 48.5 Å². The van der Waals surface area contributed by atoms with Gasteiger partial charge in [0.1, 0.15) is 0 Å². The van der Waals surface area contributed by atoms with Crippen LogP contribution in [0.4, 0.5) is 10.5 Å². The molecule has 0 aliphatic carbocycles.